The molecule has 0 unspecified atom stereocenters. The van der Waals surface area contributed by atoms with Crippen molar-refractivity contribution < 1.29 is 27.1 Å². The first-order chi connectivity index (χ1) is 23.9. The number of nitrogens with one attached hydrogen (secondary N) is 1. The van der Waals surface area contributed by atoms with Gasteiger partial charge in [-0.1, -0.05) is 18.8 Å². The van der Waals surface area contributed by atoms with Gasteiger partial charge in [-0.25, -0.2) is 13.2 Å². The molecule has 11 heteroatoms. The van der Waals surface area contributed by atoms with Crippen molar-refractivity contribution in [2.75, 3.05) is 37.7 Å². The minimum atomic E-state index is -2.17. The highest BCUT2D eigenvalue weighted by Gasteiger charge is 2.48. The van der Waals surface area contributed by atoms with Gasteiger partial charge in [-0.05, 0) is 74.2 Å². The number of halogens is 3. The quantitative estimate of drug-likeness (QED) is 0.248. The standard InChI is InChI=1S/C36H35F3N6O2/c1-3-25-28(38)7-6-22-12-24(46)13-26(29(22)25)31-30(39)32-27(16-40-31)33(44-18-23-8-10-35(4-2,19-44)43-23)42-34(41-32)47-20-36-9-5-11-45(36)17-21(14-36)15-37/h1,6-7,12-13,15-16,23,43,46H,4-5,8-11,14,17-20H2,2H3/b21-15-/t23-,35+,36-/m0/s1/i2D3. The fourth-order valence-corrected chi connectivity index (χ4v) is 8.26. The zero-order valence-corrected chi connectivity index (χ0v) is 25.6. The summed E-state index contributed by atoms with van der Waals surface area (Å²) in [5.41, 5.74) is -0.776. The molecular formula is C36H35F3N6O2. The van der Waals surface area contributed by atoms with Crippen molar-refractivity contribution >= 4 is 27.5 Å². The molecule has 242 valence electrons. The number of phenolic OH excluding ortho intramolecular Hbond substituents is 1. The maximum Gasteiger partial charge on any atom is 0.319 e. The van der Waals surface area contributed by atoms with E-state index in [0.717, 1.165) is 25.8 Å². The van der Waals surface area contributed by atoms with Crippen LogP contribution in [0, 0.1) is 24.0 Å². The molecule has 0 amide bonds. The highest BCUT2D eigenvalue weighted by molar-refractivity contribution is 6.03. The predicted octanol–water partition coefficient (Wildman–Crippen LogP) is 6.00. The second-order valence-electron chi connectivity index (χ2n) is 13.4. The number of nitrogens with zero attached hydrogens (tertiary/aromatic N) is 5. The van der Waals surface area contributed by atoms with Crippen LogP contribution in [0.5, 0.6) is 11.8 Å². The first kappa shape index (κ1) is 26.6. The monoisotopic (exact) mass is 643 g/mol. The van der Waals surface area contributed by atoms with E-state index in [9.17, 15) is 13.9 Å². The van der Waals surface area contributed by atoms with Gasteiger partial charge in [0.15, 0.2) is 5.82 Å². The Balaban J connectivity index is 1.27. The van der Waals surface area contributed by atoms with E-state index >= 15 is 4.39 Å². The summed E-state index contributed by atoms with van der Waals surface area (Å²) in [5, 5.41) is 15.0. The molecule has 47 heavy (non-hydrogen) atoms. The van der Waals surface area contributed by atoms with Crippen LogP contribution in [0.2, 0.25) is 0 Å². The maximum absolute atomic E-state index is 17.0. The topological polar surface area (TPSA) is 86.6 Å². The van der Waals surface area contributed by atoms with Gasteiger partial charge in [0, 0.05) is 52.5 Å². The molecule has 4 saturated heterocycles. The molecule has 4 aliphatic heterocycles. The molecule has 8 nitrogen and oxygen atoms in total. The van der Waals surface area contributed by atoms with Crippen LogP contribution in [0.4, 0.5) is 19.0 Å². The van der Waals surface area contributed by atoms with E-state index in [2.05, 4.69) is 26.1 Å². The van der Waals surface area contributed by atoms with E-state index in [1.165, 1.54) is 30.5 Å². The number of rotatable bonds is 6. The Labute approximate surface area is 274 Å². The van der Waals surface area contributed by atoms with E-state index in [0.29, 0.717) is 55.6 Å². The van der Waals surface area contributed by atoms with Gasteiger partial charge >= 0.3 is 6.01 Å². The minimum Gasteiger partial charge on any atom is -0.508 e. The summed E-state index contributed by atoms with van der Waals surface area (Å²) < 4.78 is 75.8. The van der Waals surface area contributed by atoms with Crippen LogP contribution >= 0.6 is 0 Å². The third-order valence-corrected chi connectivity index (χ3v) is 10.5. The van der Waals surface area contributed by atoms with Crippen LogP contribution in [-0.4, -0.2) is 74.9 Å². The van der Waals surface area contributed by atoms with Crippen molar-refractivity contribution in [3.8, 4) is 35.4 Å². The van der Waals surface area contributed by atoms with Gasteiger partial charge < -0.3 is 20.1 Å². The molecule has 3 atom stereocenters. The highest BCUT2D eigenvalue weighted by Crippen LogP contribution is 2.43. The van der Waals surface area contributed by atoms with Crippen molar-refractivity contribution in [1.82, 2.24) is 25.2 Å². The first-order valence-electron chi connectivity index (χ1n) is 17.4. The number of benzene rings is 2. The Morgan fingerprint density at radius 3 is 3.00 bits per heavy atom. The van der Waals surface area contributed by atoms with Crippen molar-refractivity contribution in [1.29, 1.82) is 0 Å². The summed E-state index contributed by atoms with van der Waals surface area (Å²) in [6, 6.07) is 5.24. The first-order valence-corrected chi connectivity index (χ1v) is 15.9. The lowest BCUT2D eigenvalue weighted by molar-refractivity contribution is 0.108. The average molecular weight is 644 g/mol. The third-order valence-electron chi connectivity index (χ3n) is 10.5. The molecule has 6 heterocycles. The van der Waals surface area contributed by atoms with Crippen molar-refractivity contribution in [3.63, 3.8) is 0 Å². The Morgan fingerprint density at radius 1 is 1.28 bits per heavy atom. The van der Waals surface area contributed by atoms with Crippen molar-refractivity contribution in [2.24, 2.45) is 0 Å². The minimum absolute atomic E-state index is 0.0105. The van der Waals surface area contributed by atoms with Crippen LogP contribution in [0.1, 0.15) is 55.1 Å². The summed E-state index contributed by atoms with van der Waals surface area (Å²) in [6.45, 7) is 0.101. The second-order valence-corrected chi connectivity index (χ2v) is 13.4. The van der Waals surface area contributed by atoms with E-state index in [1.54, 1.807) is 0 Å². The van der Waals surface area contributed by atoms with Crippen LogP contribution in [0.3, 0.4) is 0 Å². The number of hydrogen-bond acceptors (Lipinski definition) is 8. The molecule has 4 aliphatic rings. The summed E-state index contributed by atoms with van der Waals surface area (Å²) >= 11 is 0. The van der Waals surface area contributed by atoms with Gasteiger partial charge in [-0.15, -0.1) is 6.42 Å². The normalized spacial score (nSPS) is 27.6. The van der Waals surface area contributed by atoms with E-state index in [4.69, 9.17) is 20.3 Å². The van der Waals surface area contributed by atoms with Gasteiger partial charge in [0.2, 0.25) is 0 Å². The maximum atomic E-state index is 17.0. The zero-order valence-electron chi connectivity index (χ0n) is 28.6. The van der Waals surface area contributed by atoms with E-state index < -0.39 is 29.6 Å². The van der Waals surface area contributed by atoms with Crippen LogP contribution in [0.15, 0.2) is 42.4 Å². The molecule has 0 radical (unpaired) electrons. The van der Waals surface area contributed by atoms with Gasteiger partial charge in [0.25, 0.3) is 0 Å². The summed E-state index contributed by atoms with van der Waals surface area (Å²) in [4.78, 5) is 18.0. The number of pyridine rings is 1. The lowest BCUT2D eigenvalue weighted by Gasteiger charge is -2.42. The SMILES string of the molecule is [2H]C([2H])([2H])C[C@@]12CC[C@@H](CN(c3nc(OC[C@@]45CCCN4C/C(=C\F)C5)nc4c(F)c(-c5cc(O)cc6ccc(F)c(C#C)c56)ncc34)C1)N2. The Bertz CT molecular complexity index is 2120. The van der Waals surface area contributed by atoms with Gasteiger partial charge in [-0.2, -0.15) is 9.97 Å². The number of ether oxygens (including phenoxy) is 1. The largest absolute Gasteiger partial charge is 0.508 e. The lowest BCUT2D eigenvalue weighted by atomic mass is 9.93. The fourth-order valence-electron chi connectivity index (χ4n) is 8.26. The summed E-state index contributed by atoms with van der Waals surface area (Å²) in [5.74, 6) is 0.981. The van der Waals surface area contributed by atoms with Gasteiger partial charge in [0.05, 0.1) is 22.8 Å². The number of phenols is 1. The molecular weight excluding hydrogens is 605 g/mol. The second kappa shape index (κ2) is 11.1. The number of piperazine rings is 1. The zero-order chi connectivity index (χ0) is 35.0. The lowest BCUT2D eigenvalue weighted by Crippen LogP contribution is -2.59. The number of anilines is 1. The molecule has 0 spiro atoms. The third kappa shape index (κ3) is 4.80. The molecule has 0 aliphatic carbocycles. The Morgan fingerprint density at radius 2 is 2.17 bits per heavy atom. The summed E-state index contributed by atoms with van der Waals surface area (Å²) in [7, 11) is 0. The highest BCUT2D eigenvalue weighted by atomic mass is 19.1. The van der Waals surface area contributed by atoms with Crippen LogP contribution < -0.4 is 15.0 Å². The van der Waals surface area contributed by atoms with E-state index in [-0.39, 0.29) is 63.9 Å². The van der Waals surface area contributed by atoms with Crippen LogP contribution in [-0.2, 0) is 0 Å². The summed E-state index contributed by atoms with van der Waals surface area (Å²) in [6.07, 6.45) is 11.4. The number of aromatic hydroxyl groups is 1. The molecule has 8 rings (SSSR count). The van der Waals surface area contributed by atoms with Gasteiger partial charge in [0.1, 0.15) is 35.2 Å². The molecule has 4 fully saturated rings. The molecule has 0 saturated carbocycles. The Hall–Kier alpha value is -4.40. The molecule has 2 N–H and O–H groups in total. The molecule has 2 aromatic heterocycles. The number of hydrogen-bond donors (Lipinski definition) is 2. The number of aromatic nitrogens is 3. The molecule has 2 aromatic carbocycles. The predicted molar refractivity (Wildman–Crippen MR) is 174 cm³/mol. The number of terminal acetylenes is 1. The van der Waals surface area contributed by atoms with Gasteiger partial charge in [-0.3, -0.25) is 9.88 Å². The Kier molecular flexibility index (Phi) is 6.29. The fraction of sp³-hybridized carbons (Fsp3) is 0.417. The van der Waals surface area contributed by atoms with Crippen molar-refractivity contribution in [2.45, 2.75) is 62.5 Å². The smallest absolute Gasteiger partial charge is 0.319 e. The van der Waals surface area contributed by atoms with E-state index in [1.807, 2.05) is 4.90 Å². The number of fused-ring (bicyclic) bond motifs is 5. The molecule has 2 bridgehead atoms. The van der Waals surface area contributed by atoms with Crippen LogP contribution in [0.25, 0.3) is 32.9 Å². The van der Waals surface area contributed by atoms with Crippen molar-refractivity contribution in [3.05, 3.63) is 59.6 Å². The molecule has 4 aromatic rings. The average Bonchev–Trinajstić information content (AvgIpc) is 3.72.